The Hall–Kier alpha value is -4.11. The minimum Gasteiger partial charge on any atom is -0.273 e. The number of hydrogen-bond acceptors (Lipinski definition) is 6. The van der Waals surface area contributed by atoms with Crippen LogP contribution in [0.15, 0.2) is 71.3 Å². The molecule has 1 unspecified atom stereocenters. The molecule has 2 aromatic rings. The third-order valence-electron chi connectivity index (χ3n) is 5.93. The molecule has 0 saturated heterocycles. The third-order valence-corrected chi connectivity index (χ3v) is 7.73. The number of hydrogen-bond donors (Lipinski definition) is 0. The molecule has 0 spiro atoms. The van der Waals surface area contributed by atoms with E-state index in [9.17, 15) is 29.5 Å². The van der Waals surface area contributed by atoms with E-state index in [1.165, 1.54) is 25.3 Å². The fourth-order valence-electron chi connectivity index (χ4n) is 4.03. The molecule has 0 heterocycles. The highest BCUT2D eigenvalue weighted by atomic mass is 32.2. The van der Waals surface area contributed by atoms with Crippen LogP contribution in [-0.2, 0) is 10.0 Å². The first kappa shape index (κ1) is 22.6. The van der Waals surface area contributed by atoms with E-state index in [0.29, 0.717) is 5.56 Å². The van der Waals surface area contributed by atoms with E-state index in [1.807, 2.05) is 31.2 Å². The quantitative estimate of drug-likeness (QED) is 0.709. The molecule has 0 bridgehead atoms. The lowest BCUT2D eigenvalue weighted by Gasteiger charge is -2.44. The SMILES string of the molecule is Cc1ccc(S(=O)(=O)N(C)C2=CCC(C#N)(C#N)C(C#N)(C#N)C2c2ccccc2)cc1. The summed E-state index contributed by atoms with van der Waals surface area (Å²) in [6, 6.07) is 22.3. The van der Waals surface area contributed by atoms with Gasteiger partial charge in [0.25, 0.3) is 10.0 Å². The molecule has 0 aliphatic heterocycles. The Labute approximate surface area is 187 Å². The van der Waals surface area contributed by atoms with Gasteiger partial charge in [-0.25, -0.2) is 8.42 Å². The Balaban J connectivity index is 2.29. The predicted octanol–water partition coefficient (Wildman–Crippen LogP) is 3.75. The molecule has 0 amide bonds. The Morgan fingerprint density at radius 1 is 0.906 bits per heavy atom. The molecular formula is C24H19N5O2S. The van der Waals surface area contributed by atoms with Crippen LogP contribution in [0.25, 0.3) is 0 Å². The van der Waals surface area contributed by atoms with Crippen molar-refractivity contribution in [3.63, 3.8) is 0 Å². The Morgan fingerprint density at radius 2 is 1.47 bits per heavy atom. The van der Waals surface area contributed by atoms with Gasteiger partial charge in [-0.3, -0.25) is 4.31 Å². The van der Waals surface area contributed by atoms with E-state index in [1.54, 1.807) is 42.5 Å². The highest BCUT2D eigenvalue weighted by Crippen LogP contribution is 2.57. The third kappa shape index (κ3) is 3.19. The molecule has 0 aromatic heterocycles. The van der Waals surface area contributed by atoms with Gasteiger partial charge in [-0.2, -0.15) is 21.0 Å². The Kier molecular flexibility index (Phi) is 5.78. The van der Waals surface area contributed by atoms with Crippen molar-refractivity contribution in [2.45, 2.75) is 24.2 Å². The van der Waals surface area contributed by atoms with E-state index in [0.717, 1.165) is 9.87 Å². The molecule has 32 heavy (non-hydrogen) atoms. The number of nitriles is 4. The maximum absolute atomic E-state index is 13.4. The van der Waals surface area contributed by atoms with Crippen LogP contribution in [0.4, 0.5) is 0 Å². The van der Waals surface area contributed by atoms with Gasteiger partial charge in [0.2, 0.25) is 0 Å². The molecule has 0 radical (unpaired) electrons. The number of likely N-dealkylation sites (N-methyl/N-ethyl adjacent to an activating group) is 1. The van der Waals surface area contributed by atoms with Crippen LogP contribution in [0.1, 0.15) is 23.5 Å². The summed E-state index contributed by atoms with van der Waals surface area (Å²) in [7, 11) is -2.68. The molecule has 8 heteroatoms. The standard InChI is InChI=1S/C24H19N5O2S/c1-18-8-10-20(11-9-18)32(30,31)29(2)21-12-13-23(14-25,15-26)24(16-27,17-28)22(21)19-6-4-3-5-7-19/h3-12,22H,13H2,1-2H3. The summed E-state index contributed by atoms with van der Waals surface area (Å²) in [5.74, 6) is -1.14. The second-order valence-corrected chi connectivity index (χ2v) is 9.59. The van der Waals surface area contributed by atoms with Crippen LogP contribution >= 0.6 is 0 Å². The van der Waals surface area contributed by atoms with Crippen LogP contribution < -0.4 is 0 Å². The summed E-state index contributed by atoms with van der Waals surface area (Å²) in [5, 5.41) is 40.0. The van der Waals surface area contributed by atoms with Crippen molar-refractivity contribution in [2.75, 3.05) is 7.05 Å². The predicted molar refractivity (Wildman–Crippen MR) is 115 cm³/mol. The molecule has 3 rings (SSSR count). The van der Waals surface area contributed by atoms with E-state index in [-0.39, 0.29) is 17.0 Å². The fourth-order valence-corrected chi connectivity index (χ4v) is 5.28. The van der Waals surface area contributed by atoms with Gasteiger partial charge in [0, 0.05) is 19.2 Å². The number of aryl methyl sites for hydroxylation is 1. The first-order valence-electron chi connectivity index (χ1n) is 9.68. The van der Waals surface area contributed by atoms with E-state index < -0.39 is 26.8 Å². The van der Waals surface area contributed by atoms with Crippen molar-refractivity contribution < 1.29 is 8.42 Å². The first-order valence-corrected chi connectivity index (χ1v) is 11.1. The van der Waals surface area contributed by atoms with Crippen molar-refractivity contribution in [1.82, 2.24) is 4.31 Å². The van der Waals surface area contributed by atoms with Crippen LogP contribution in [0.3, 0.4) is 0 Å². The molecule has 1 aliphatic carbocycles. The summed E-state index contributed by atoms with van der Waals surface area (Å²) < 4.78 is 27.8. The Morgan fingerprint density at radius 3 is 1.97 bits per heavy atom. The zero-order valence-electron chi connectivity index (χ0n) is 17.5. The highest BCUT2D eigenvalue weighted by molar-refractivity contribution is 7.89. The van der Waals surface area contributed by atoms with Crippen molar-refractivity contribution in [1.29, 1.82) is 21.0 Å². The average Bonchev–Trinajstić information content (AvgIpc) is 2.83. The summed E-state index contributed by atoms with van der Waals surface area (Å²) in [5.41, 5.74) is -2.57. The number of nitrogens with zero attached hydrogens (tertiary/aromatic N) is 5. The van der Waals surface area contributed by atoms with Gasteiger partial charge in [-0.05, 0) is 24.6 Å². The zero-order valence-corrected chi connectivity index (χ0v) is 18.3. The van der Waals surface area contributed by atoms with Crippen LogP contribution in [0, 0.1) is 63.1 Å². The van der Waals surface area contributed by atoms with Gasteiger partial charge in [0.15, 0.2) is 10.8 Å². The molecule has 0 N–H and O–H groups in total. The number of rotatable bonds is 4. The largest absolute Gasteiger partial charge is 0.273 e. The van der Waals surface area contributed by atoms with Gasteiger partial charge in [-0.1, -0.05) is 54.1 Å². The normalized spacial score (nSPS) is 18.7. The topological polar surface area (TPSA) is 133 Å². The summed E-state index contributed by atoms with van der Waals surface area (Å²) in [4.78, 5) is 0.0511. The van der Waals surface area contributed by atoms with Crippen molar-refractivity contribution >= 4 is 10.0 Å². The van der Waals surface area contributed by atoms with E-state index >= 15 is 0 Å². The molecule has 158 valence electrons. The molecule has 2 aromatic carbocycles. The number of sulfonamides is 1. The summed E-state index contributed by atoms with van der Waals surface area (Å²) >= 11 is 0. The maximum Gasteiger partial charge on any atom is 0.263 e. The zero-order chi connectivity index (χ0) is 23.6. The van der Waals surface area contributed by atoms with E-state index in [2.05, 4.69) is 0 Å². The van der Waals surface area contributed by atoms with Crippen LogP contribution in [0.5, 0.6) is 0 Å². The lowest BCUT2D eigenvalue weighted by atomic mass is 9.53. The van der Waals surface area contributed by atoms with Crippen LogP contribution in [0.2, 0.25) is 0 Å². The van der Waals surface area contributed by atoms with Gasteiger partial charge in [0.05, 0.1) is 35.1 Å². The second kappa shape index (κ2) is 8.20. The summed E-state index contributed by atoms with van der Waals surface area (Å²) in [6.07, 6.45) is 1.22. The molecule has 1 aliphatic rings. The lowest BCUT2D eigenvalue weighted by molar-refractivity contribution is 0.231. The van der Waals surface area contributed by atoms with Gasteiger partial charge >= 0.3 is 0 Å². The smallest absolute Gasteiger partial charge is 0.263 e. The molecular weight excluding hydrogens is 422 g/mol. The average molecular weight is 442 g/mol. The fraction of sp³-hybridized carbons (Fsp3) is 0.250. The van der Waals surface area contributed by atoms with E-state index in [4.69, 9.17) is 0 Å². The van der Waals surface area contributed by atoms with Gasteiger partial charge in [-0.15, -0.1) is 0 Å². The molecule has 1 atom stereocenters. The lowest BCUT2D eigenvalue weighted by Crippen LogP contribution is -2.48. The maximum atomic E-state index is 13.4. The van der Waals surface area contributed by atoms with Crippen molar-refractivity contribution in [2.24, 2.45) is 10.8 Å². The number of allylic oxidation sites excluding steroid dienone is 2. The minimum atomic E-state index is -4.03. The summed E-state index contributed by atoms with van der Waals surface area (Å²) in [6.45, 7) is 1.84. The second-order valence-electron chi connectivity index (χ2n) is 7.62. The number of benzene rings is 2. The minimum absolute atomic E-state index is 0.0511. The first-order chi connectivity index (χ1) is 15.2. The monoisotopic (exact) mass is 441 g/mol. The van der Waals surface area contributed by atoms with Crippen LogP contribution in [-0.4, -0.2) is 19.8 Å². The molecule has 0 fully saturated rings. The van der Waals surface area contributed by atoms with Gasteiger partial charge in [0.1, 0.15) is 0 Å². The molecule has 7 nitrogen and oxygen atoms in total. The highest BCUT2D eigenvalue weighted by Gasteiger charge is 2.63. The van der Waals surface area contributed by atoms with Gasteiger partial charge < -0.3 is 0 Å². The molecule has 0 saturated carbocycles. The Bertz CT molecular complexity index is 1310. The van der Waals surface area contributed by atoms with Crippen molar-refractivity contribution in [3.8, 4) is 24.3 Å². The van der Waals surface area contributed by atoms with Crippen molar-refractivity contribution in [3.05, 3.63) is 77.5 Å².